The van der Waals surface area contributed by atoms with Crippen molar-refractivity contribution in [2.24, 2.45) is 0 Å². The van der Waals surface area contributed by atoms with Gasteiger partial charge in [-0.15, -0.1) is 0 Å². The summed E-state index contributed by atoms with van der Waals surface area (Å²) in [5.41, 5.74) is 7.25. The highest BCUT2D eigenvalue weighted by Gasteiger charge is 2.21. The first-order valence-electron chi connectivity index (χ1n) is 4.83. The third-order valence-electron chi connectivity index (χ3n) is 2.60. The van der Waals surface area contributed by atoms with E-state index in [1.54, 1.807) is 0 Å². The average molecular weight is 193 g/mol. The number of aryl methyl sites for hydroxylation is 1. The smallest absolute Gasteiger partial charge is 0.129 e. The Morgan fingerprint density at radius 1 is 1.57 bits per heavy atom. The standard InChI is InChI=1S/C10H15N3O/c1-7-9(11)2-3-10(12-7)13-5-4-8(14)6-13/h2-3,8,14H,4-6,11H2,1H3. The molecule has 2 rings (SSSR count). The van der Waals surface area contributed by atoms with E-state index in [0.717, 1.165) is 24.5 Å². The lowest BCUT2D eigenvalue weighted by Gasteiger charge is -2.17. The molecule has 1 fully saturated rings. The van der Waals surface area contributed by atoms with Gasteiger partial charge in [-0.2, -0.15) is 0 Å². The summed E-state index contributed by atoms with van der Waals surface area (Å²) in [7, 11) is 0. The Balaban J connectivity index is 2.20. The Hall–Kier alpha value is -1.29. The minimum atomic E-state index is -0.213. The zero-order valence-electron chi connectivity index (χ0n) is 8.27. The molecule has 1 aromatic rings. The normalized spacial score (nSPS) is 21.6. The molecule has 1 unspecified atom stereocenters. The molecule has 0 radical (unpaired) electrons. The van der Waals surface area contributed by atoms with Crippen LogP contribution in [0.15, 0.2) is 12.1 Å². The zero-order valence-corrected chi connectivity index (χ0v) is 8.27. The molecule has 4 nitrogen and oxygen atoms in total. The number of hydrogen-bond donors (Lipinski definition) is 2. The number of nitrogens with zero attached hydrogens (tertiary/aromatic N) is 2. The van der Waals surface area contributed by atoms with Gasteiger partial charge >= 0.3 is 0 Å². The summed E-state index contributed by atoms with van der Waals surface area (Å²) in [5.74, 6) is 0.910. The van der Waals surface area contributed by atoms with Gasteiger partial charge in [-0.05, 0) is 25.5 Å². The van der Waals surface area contributed by atoms with Gasteiger partial charge in [-0.25, -0.2) is 4.98 Å². The molecule has 3 N–H and O–H groups in total. The summed E-state index contributed by atoms with van der Waals surface area (Å²) >= 11 is 0. The number of nitrogen functional groups attached to an aromatic ring is 1. The molecular formula is C10H15N3O. The maximum atomic E-state index is 9.39. The first-order valence-corrected chi connectivity index (χ1v) is 4.83. The number of rotatable bonds is 1. The largest absolute Gasteiger partial charge is 0.397 e. The van der Waals surface area contributed by atoms with E-state index in [1.165, 1.54) is 0 Å². The highest BCUT2D eigenvalue weighted by atomic mass is 16.3. The second kappa shape index (κ2) is 3.46. The van der Waals surface area contributed by atoms with E-state index < -0.39 is 0 Å². The van der Waals surface area contributed by atoms with E-state index in [9.17, 15) is 5.11 Å². The fourth-order valence-corrected chi connectivity index (χ4v) is 1.68. The minimum Gasteiger partial charge on any atom is -0.397 e. The molecular weight excluding hydrogens is 178 g/mol. The van der Waals surface area contributed by atoms with Crippen LogP contribution in [0.2, 0.25) is 0 Å². The summed E-state index contributed by atoms with van der Waals surface area (Å²) < 4.78 is 0. The quantitative estimate of drug-likeness (QED) is 0.683. The predicted octanol–water partition coefficient (Wildman–Crippen LogP) is 0.543. The van der Waals surface area contributed by atoms with Crippen LogP contribution in [-0.4, -0.2) is 29.3 Å². The zero-order chi connectivity index (χ0) is 10.1. The van der Waals surface area contributed by atoms with E-state index in [-0.39, 0.29) is 6.10 Å². The fraction of sp³-hybridized carbons (Fsp3) is 0.500. The number of aliphatic hydroxyl groups excluding tert-OH is 1. The van der Waals surface area contributed by atoms with Crippen molar-refractivity contribution in [3.05, 3.63) is 17.8 Å². The van der Waals surface area contributed by atoms with Crippen LogP contribution >= 0.6 is 0 Å². The van der Waals surface area contributed by atoms with Crippen LogP contribution in [0.4, 0.5) is 11.5 Å². The van der Waals surface area contributed by atoms with Crippen LogP contribution in [-0.2, 0) is 0 Å². The number of anilines is 2. The molecule has 0 aliphatic carbocycles. The molecule has 0 amide bonds. The maximum Gasteiger partial charge on any atom is 0.129 e. The SMILES string of the molecule is Cc1nc(N2CCC(O)C2)ccc1N. The van der Waals surface area contributed by atoms with Gasteiger partial charge in [0.2, 0.25) is 0 Å². The van der Waals surface area contributed by atoms with E-state index in [1.807, 2.05) is 19.1 Å². The van der Waals surface area contributed by atoms with Crippen molar-refractivity contribution < 1.29 is 5.11 Å². The maximum absolute atomic E-state index is 9.39. The molecule has 1 aliphatic rings. The van der Waals surface area contributed by atoms with Gasteiger partial charge in [0.05, 0.1) is 17.5 Å². The molecule has 4 heteroatoms. The van der Waals surface area contributed by atoms with Gasteiger partial charge < -0.3 is 15.7 Å². The Morgan fingerprint density at radius 3 is 2.93 bits per heavy atom. The van der Waals surface area contributed by atoms with Gasteiger partial charge in [0.25, 0.3) is 0 Å². The minimum absolute atomic E-state index is 0.213. The first kappa shape index (κ1) is 9.27. The molecule has 1 atom stereocenters. The van der Waals surface area contributed by atoms with Crippen LogP contribution in [0.3, 0.4) is 0 Å². The predicted molar refractivity (Wildman–Crippen MR) is 56.2 cm³/mol. The molecule has 0 bridgehead atoms. The molecule has 2 heterocycles. The van der Waals surface area contributed by atoms with Gasteiger partial charge in [0.1, 0.15) is 5.82 Å². The number of β-amino-alcohol motifs (C(OH)–C–C–N with tert-alkyl or cyclic N) is 1. The number of pyridine rings is 1. The Labute approximate surface area is 83.4 Å². The number of hydrogen-bond acceptors (Lipinski definition) is 4. The number of nitrogens with two attached hydrogens (primary N) is 1. The lowest BCUT2D eigenvalue weighted by molar-refractivity contribution is 0.198. The third-order valence-corrected chi connectivity index (χ3v) is 2.60. The lowest BCUT2D eigenvalue weighted by Crippen LogP contribution is -2.22. The molecule has 0 spiro atoms. The van der Waals surface area contributed by atoms with Crippen molar-refractivity contribution in [1.82, 2.24) is 4.98 Å². The van der Waals surface area contributed by atoms with E-state index in [2.05, 4.69) is 9.88 Å². The number of aliphatic hydroxyl groups is 1. The highest BCUT2D eigenvalue weighted by molar-refractivity contribution is 5.50. The van der Waals surface area contributed by atoms with E-state index >= 15 is 0 Å². The second-order valence-corrected chi connectivity index (χ2v) is 3.73. The van der Waals surface area contributed by atoms with Crippen molar-refractivity contribution in [3.63, 3.8) is 0 Å². The van der Waals surface area contributed by atoms with E-state index in [4.69, 9.17) is 5.73 Å². The summed E-state index contributed by atoms with van der Waals surface area (Å²) in [6, 6.07) is 3.77. The van der Waals surface area contributed by atoms with Crippen LogP contribution in [0.25, 0.3) is 0 Å². The highest BCUT2D eigenvalue weighted by Crippen LogP contribution is 2.20. The molecule has 76 valence electrons. The topological polar surface area (TPSA) is 62.4 Å². The van der Waals surface area contributed by atoms with Crippen LogP contribution in [0, 0.1) is 6.92 Å². The van der Waals surface area contributed by atoms with Crippen molar-refractivity contribution in [1.29, 1.82) is 0 Å². The Kier molecular flexibility index (Phi) is 2.29. The van der Waals surface area contributed by atoms with Crippen LogP contribution in [0.1, 0.15) is 12.1 Å². The van der Waals surface area contributed by atoms with E-state index in [0.29, 0.717) is 12.2 Å². The summed E-state index contributed by atoms with van der Waals surface area (Å²) in [4.78, 5) is 6.46. The molecule has 0 saturated carbocycles. The second-order valence-electron chi connectivity index (χ2n) is 3.73. The first-order chi connectivity index (χ1) is 6.66. The average Bonchev–Trinajstić information content (AvgIpc) is 2.57. The van der Waals surface area contributed by atoms with Crippen molar-refractivity contribution in [2.75, 3.05) is 23.7 Å². The van der Waals surface area contributed by atoms with Crippen LogP contribution < -0.4 is 10.6 Å². The third kappa shape index (κ3) is 1.65. The van der Waals surface area contributed by atoms with Gasteiger partial charge in [-0.1, -0.05) is 0 Å². The molecule has 1 aromatic heterocycles. The number of aromatic nitrogens is 1. The molecule has 14 heavy (non-hydrogen) atoms. The summed E-state index contributed by atoms with van der Waals surface area (Å²) in [5, 5.41) is 9.39. The molecule has 1 saturated heterocycles. The van der Waals surface area contributed by atoms with Crippen molar-refractivity contribution in [2.45, 2.75) is 19.4 Å². The van der Waals surface area contributed by atoms with Gasteiger partial charge in [-0.3, -0.25) is 0 Å². The van der Waals surface area contributed by atoms with Gasteiger partial charge in [0, 0.05) is 13.1 Å². The fourth-order valence-electron chi connectivity index (χ4n) is 1.68. The molecule has 0 aromatic carbocycles. The monoisotopic (exact) mass is 193 g/mol. The Bertz CT molecular complexity index is 340. The summed E-state index contributed by atoms with van der Waals surface area (Å²) in [6.07, 6.45) is 0.611. The molecule has 1 aliphatic heterocycles. The van der Waals surface area contributed by atoms with Crippen LogP contribution in [0.5, 0.6) is 0 Å². The van der Waals surface area contributed by atoms with Crippen molar-refractivity contribution >= 4 is 11.5 Å². The lowest BCUT2D eigenvalue weighted by atomic mass is 10.3. The Morgan fingerprint density at radius 2 is 2.36 bits per heavy atom. The van der Waals surface area contributed by atoms with Crippen molar-refractivity contribution in [3.8, 4) is 0 Å². The summed E-state index contributed by atoms with van der Waals surface area (Å²) in [6.45, 7) is 3.44. The van der Waals surface area contributed by atoms with Gasteiger partial charge in [0.15, 0.2) is 0 Å².